The lowest BCUT2D eigenvalue weighted by atomic mass is 9.90. The Bertz CT molecular complexity index is 1750. The number of carboxylic acid groups (broad SMARTS) is 1. The molecule has 0 unspecified atom stereocenters. The van der Waals surface area contributed by atoms with E-state index in [4.69, 9.17) is 18.9 Å². The number of rotatable bonds is 6. The van der Waals surface area contributed by atoms with Gasteiger partial charge in [-0.05, 0) is 72.4 Å². The Hall–Kier alpha value is -4.66. The highest BCUT2D eigenvalue weighted by atomic mass is 16.7. The number of aliphatic carboxylic acids is 1. The summed E-state index contributed by atoms with van der Waals surface area (Å²) in [4.78, 5) is 25.4. The van der Waals surface area contributed by atoms with E-state index in [1.54, 1.807) is 6.92 Å². The Morgan fingerprint density at radius 1 is 0.955 bits per heavy atom. The first-order valence-corrected chi connectivity index (χ1v) is 14.8. The zero-order valence-electron chi connectivity index (χ0n) is 24.8. The van der Waals surface area contributed by atoms with Crippen molar-refractivity contribution >= 4 is 12.1 Å². The van der Waals surface area contributed by atoms with Gasteiger partial charge in [0.05, 0.1) is 23.8 Å². The van der Waals surface area contributed by atoms with Gasteiger partial charge >= 0.3 is 12.1 Å². The summed E-state index contributed by atoms with van der Waals surface area (Å²) >= 11 is 0. The summed E-state index contributed by atoms with van der Waals surface area (Å²) in [6.07, 6.45) is -0.690. The lowest BCUT2D eigenvalue weighted by Gasteiger charge is -2.36. The van der Waals surface area contributed by atoms with Gasteiger partial charge in [-0.2, -0.15) is 0 Å². The van der Waals surface area contributed by atoms with Crippen molar-refractivity contribution in [3.8, 4) is 22.6 Å². The topological polar surface area (TPSA) is 103 Å². The smallest absolute Gasteiger partial charge is 0.408 e. The number of nitrogens with one attached hydrogen (secondary N) is 1. The third kappa shape index (κ3) is 4.71. The van der Waals surface area contributed by atoms with Crippen LogP contribution >= 0.6 is 0 Å². The van der Waals surface area contributed by atoms with Gasteiger partial charge in [0.15, 0.2) is 0 Å². The van der Waals surface area contributed by atoms with Gasteiger partial charge in [-0.3, -0.25) is 0 Å². The average molecular weight is 592 g/mol. The predicted octanol–water partition coefficient (Wildman–Crippen LogP) is 6.61. The predicted molar refractivity (Wildman–Crippen MR) is 163 cm³/mol. The lowest BCUT2D eigenvalue weighted by molar-refractivity contribution is -0.158. The maximum absolute atomic E-state index is 13.0. The standard InChI is InChI=1S/C36H33NO7/c1-20-11-13-30-28(15-20)36(29-16-21(2)12-14-31(29)43-30)42-19-32(44-36)22(3)33(34(38)39)37-35(40)41-18-24-8-6-10-26-25-9-5-4-7-23(25)17-27(24)26/h4-16,22,32-33H,17-19H2,1-3H3,(H,37,40)(H,38,39)/t22-,32-,33-/m0/s1. The molecule has 1 spiro atoms. The first-order valence-electron chi connectivity index (χ1n) is 14.8. The molecule has 2 aliphatic heterocycles. The van der Waals surface area contributed by atoms with E-state index < -0.39 is 35.9 Å². The number of benzene rings is 4. The van der Waals surface area contributed by atoms with Crippen LogP contribution in [0.4, 0.5) is 4.79 Å². The van der Waals surface area contributed by atoms with Gasteiger partial charge in [0.25, 0.3) is 0 Å². The number of alkyl carbamates (subject to hydrolysis) is 1. The summed E-state index contributed by atoms with van der Waals surface area (Å²) in [5.41, 5.74) is 9.03. The van der Waals surface area contributed by atoms with E-state index in [0.717, 1.165) is 45.4 Å². The maximum atomic E-state index is 13.0. The van der Waals surface area contributed by atoms with Gasteiger partial charge in [-0.25, -0.2) is 9.59 Å². The van der Waals surface area contributed by atoms with Gasteiger partial charge in [0.1, 0.15) is 24.1 Å². The zero-order chi connectivity index (χ0) is 30.6. The van der Waals surface area contributed by atoms with Crippen molar-refractivity contribution in [1.82, 2.24) is 5.32 Å². The molecule has 0 radical (unpaired) electrons. The number of carbonyl (C=O) groups excluding carboxylic acids is 1. The quantitative estimate of drug-likeness (QED) is 0.229. The van der Waals surface area contributed by atoms with Crippen molar-refractivity contribution in [3.05, 3.63) is 118 Å². The lowest BCUT2D eigenvalue weighted by Crippen LogP contribution is -2.49. The molecule has 0 saturated carbocycles. The highest BCUT2D eigenvalue weighted by Crippen LogP contribution is 2.53. The molecule has 2 heterocycles. The summed E-state index contributed by atoms with van der Waals surface area (Å²) in [6.45, 7) is 5.85. The molecule has 224 valence electrons. The van der Waals surface area contributed by atoms with Crippen LogP contribution in [-0.4, -0.2) is 35.9 Å². The summed E-state index contributed by atoms with van der Waals surface area (Å²) in [5, 5.41) is 12.7. The fourth-order valence-electron chi connectivity index (χ4n) is 6.57. The molecule has 4 aromatic carbocycles. The van der Waals surface area contributed by atoms with E-state index in [2.05, 4.69) is 23.5 Å². The van der Waals surface area contributed by atoms with E-state index >= 15 is 0 Å². The van der Waals surface area contributed by atoms with E-state index in [1.807, 2.05) is 74.5 Å². The largest absolute Gasteiger partial charge is 0.480 e. The first-order chi connectivity index (χ1) is 21.2. The molecule has 3 atom stereocenters. The van der Waals surface area contributed by atoms with Crippen LogP contribution in [-0.2, 0) is 37.8 Å². The molecular formula is C36H33NO7. The van der Waals surface area contributed by atoms with Crippen LogP contribution in [0.3, 0.4) is 0 Å². The number of carbonyl (C=O) groups is 2. The average Bonchev–Trinajstić information content (AvgIpc) is 3.63. The van der Waals surface area contributed by atoms with E-state index in [0.29, 0.717) is 11.5 Å². The fourth-order valence-corrected chi connectivity index (χ4v) is 6.57. The van der Waals surface area contributed by atoms with Crippen LogP contribution in [0.25, 0.3) is 11.1 Å². The summed E-state index contributed by atoms with van der Waals surface area (Å²) in [6, 6.07) is 24.5. The number of hydrogen-bond acceptors (Lipinski definition) is 6. The second-order valence-corrected chi connectivity index (χ2v) is 11.9. The first kappa shape index (κ1) is 28.1. The normalized spacial score (nSPS) is 18.3. The molecule has 2 N–H and O–H groups in total. The highest BCUT2D eigenvalue weighted by Gasteiger charge is 2.53. The van der Waals surface area contributed by atoms with Crippen LogP contribution in [0.15, 0.2) is 78.9 Å². The van der Waals surface area contributed by atoms with Gasteiger partial charge in [-0.15, -0.1) is 0 Å². The molecular weight excluding hydrogens is 558 g/mol. The Morgan fingerprint density at radius 2 is 1.64 bits per heavy atom. The van der Waals surface area contributed by atoms with Crippen LogP contribution in [0.1, 0.15) is 45.9 Å². The second-order valence-electron chi connectivity index (χ2n) is 11.9. The number of fused-ring (bicyclic) bond motifs is 7. The van der Waals surface area contributed by atoms with Crippen molar-refractivity contribution in [3.63, 3.8) is 0 Å². The number of amides is 1. The van der Waals surface area contributed by atoms with Crippen molar-refractivity contribution < 1.29 is 33.6 Å². The van der Waals surface area contributed by atoms with Crippen molar-refractivity contribution in [2.75, 3.05) is 6.61 Å². The van der Waals surface area contributed by atoms with Gasteiger partial charge in [0, 0.05) is 5.92 Å². The molecule has 8 nitrogen and oxygen atoms in total. The van der Waals surface area contributed by atoms with E-state index in [1.165, 1.54) is 11.1 Å². The highest BCUT2D eigenvalue weighted by molar-refractivity contribution is 5.81. The third-order valence-corrected chi connectivity index (χ3v) is 8.93. The third-order valence-electron chi connectivity index (χ3n) is 8.93. The molecule has 1 aliphatic carbocycles. The monoisotopic (exact) mass is 591 g/mol. The molecule has 1 saturated heterocycles. The summed E-state index contributed by atoms with van der Waals surface area (Å²) in [7, 11) is 0. The van der Waals surface area contributed by atoms with Crippen molar-refractivity contribution in [1.29, 1.82) is 0 Å². The maximum Gasteiger partial charge on any atom is 0.408 e. The molecule has 7 rings (SSSR count). The Morgan fingerprint density at radius 3 is 2.34 bits per heavy atom. The second kappa shape index (κ2) is 10.8. The Balaban J connectivity index is 1.08. The Kier molecular flexibility index (Phi) is 6.91. The zero-order valence-corrected chi connectivity index (χ0v) is 24.8. The fraction of sp³-hybridized carbons (Fsp3) is 0.278. The minimum absolute atomic E-state index is 0.0299. The number of aryl methyl sites for hydroxylation is 2. The Labute approximate surface area is 255 Å². The molecule has 44 heavy (non-hydrogen) atoms. The molecule has 1 fully saturated rings. The summed E-state index contributed by atoms with van der Waals surface area (Å²) in [5.74, 6) is -1.87. The molecule has 1 amide bonds. The minimum Gasteiger partial charge on any atom is -0.480 e. The van der Waals surface area contributed by atoms with Crippen LogP contribution in [0, 0.1) is 19.8 Å². The van der Waals surface area contributed by atoms with Crippen LogP contribution in [0.5, 0.6) is 11.5 Å². The molecule has 0 bridgehead atoms. The number of hydrogen-bond donors (Lipinski definition) is 2. The van der Waals surface area contributed by atoms with Crippen LogP contribution < -0.4 is 10.1 Å². The molecule has 4 aromatic rings. The number of ether oxygens (including phenoxy) is 4. The van der Waals surface area contributed by atoms with Gasteiger partial charge in [0.2, 0.25) is 5.79 Å². The van der Waals surface area contributed by atoms with Crippen molar-refractivity contribution in [2.24, 2.45) is 5.92 Å². The van der Waals surface area contributed by atoms with Gasteiger partial charge < -0.3 is 29.4 Å². The molecule has 0 aromatic heterocycles. The van der Waals surface area contributed by atoms with Crippen LogP contribution in [0.2, 0.25) is 0 Å². The van der Waals surface area contributed by atoms with E-state index in [9.17, 15) is 14.7 Å². The van der Waals surface area contributed by atoms with Crippen molar-refractivity contribution in [2.45, 2.75) is 51.7 Å². The van der Waals surface area contributed by atoms with E-state index in [-0.39, 0.29) is 13.2 Å². The number of carboxylic acids is 1. The minimum atomic E-state index is -1.27. The summed E-state index contributed by atoms with van der Waals surface area (Å²) < 4.78 is 24.9. The van der Waals surface area contributed by atoms with Gasteiger partial charge in [-0.1, -0.05) is 72.6 Å². The molecule has 3 aliphatic rings. The molecule has 8 heteroatoms. The SMILES string of the molecule is Cc1ccc2c(c1)C1(OC[C@@H]([C@H](C)[C@H](NC(=O)OCc3cccc4c3Cc3ccccc3-4)C(=O)O)O1)c1cc(C)ccc1O2.